The van der Waals surface area contributed by atoms with Crippen molar-refractivity contribution >= 4 is 72.4 Å². The van der Waals surface area contributed by atoms with E-state index in [1.54, 1.807) is 6.08 Å². The summed E-state index contributed by atoms with van der Waals surface area (Å²) in [6.45, 7) is 0.653. The van der Waals surface area contributed by atoms with Gasteiger partial charge in [-0.1, -0.05) is 57.9 Å². The van der Waals surface area contributed by atoms with Crippen LogP contribution >= 0.6 is 55.2 Å². The molecule has 0 bridgehead atoms. The van der Waals surface area contributed by atoms with Crippen molar-refractivity contribution in [3.63, 3.8) is 0 Å². The summed E-state index contributed by atoms with van der Waals surface area (Å²) in [5.41, 5.74) is 2.69. The molecule has 1 fully saturated rings. The maximum Gasteiger partial charge on any atom is 0.293 e. The standard InChI is InChI=1S/C24H16Br2ClNO3S/c25-18-6-1-15(2-7-18)13-28-23(29)22(32-24(28)30)12-17-5-10-21(20(26)11-17)31-14-16-3-8-19(27)9-4-16/h1-12H,13-14H2/b22-12-. The summed E-state index contributed by atoms with van der Waals surface area (Å²) in [5, 5.41) is 0.409. The third-order valence-corrected chi connectivity index (χ3v) is 7.00. The molecule has 1 aliphatic rings. The highest BCUT2D eigenvalue weighted by Crippen LogP contribution is 2.35. The van der Waals surface area contributed by atoms with Crippen LogP contribution in [-0.4, -0.2) is 16.0 Å². The van der Waals surface area contributed by atoms with Gasteiger partial charge in [-0.15, -0.1) is 0 Å². The summed E-state index contributed by atoms with van der Waals surface area (Å²) in [7, 11) is 0. The summed E-state index contributed by atoms with van der Waals surface area (Å²) < 4.78 is 7.57. The summed E-state index contributed by atoms with van der Waals surface area (Å²) in [5.74, 6) is 0.391. The van der Waals surface area contributed by atoms with Crippen molar-refractivity contribution < 1.29 is 14.3 Å². The Morgan fingerprint density at radius 2 is 1.62 bits per heavy atom. The first-order valence-electron chi connectivity index (χ1n) is 9.55. The van der Waals surface area contributed by atoms with Crippen molar-refractivity contribution in [2.45, 2.75) is 13.2 Å². The van der Waals surface area contributed by atoms with Gasteiger partial charge in [0.1, 0.15) is 12.4 Å². The number of hydrogen-bond acceptors (Lipinski definition) is 4. The van der Waals surface area contributed by atoms with Crippen molar-refractivity contribution in [1.29, 1.82) is 0 Å². The van der Waals surface area contributed by atoms with Crippen LogP contribution in [0, 0.1) is 0 Å². The summed E-state index contributed by atoms with van der Waals surface area (Å²) in [6.07, 6.45) is 1.72. The molecular formula is C24H16Br2ClNO3S. The fourth-order valence-corrected chi connectivity index (χ4v) is 4.77. The Bertz CT molecular complexity index is 1200. The number of imide groups is 1. The predicted molar refractivity (Wildman–Crippen MR) is 136 cm³/mol. The lowest BCUT2D eigenvalue weighted by atomic mass is 10.2. The van der Waals surface area contributed by atoms with Gasteiger partial charge in [0.15, 0.2) is 0 Å². The number of rotatable bonds is 6. The molecule has 0 aromatic heterocycles. The molecule has 1 heterocycles. The van der Waals surface area contributed by atoms with E-state index >= 15 is 0 Å². The predicted octanol–water partition coefficient (Wildman–Crippen LogP) is 7.68. The average molecular weight is 594 g/mol. The Labute approximate surface area is 211 Å². The molecule has 4 nitrogen and oxygen atoms in total. The first kappa shape index (κ1) is 23.1. The van der Waals surface area contributed by atoms with E-state index in [-0.39, 0.29) is 17.7 Å². The maximum atomic E-state index is 12.8. The molecule has 1 saturated heterocycles. The Morgan fingerprint density at radius 3 is 2.31 bits per heavy atom. The first-order chi connectivity index (χ1) is 15.4. The molecular weight excluding hydrogens is 578 g/mol. The highest BCUT2D eigenvalue weighted by Gasteiger charge is 2.35. The SMILES string of the molecule is O=C1S/C(=C\c2ccc(OCc3ccc(Cl)cc3)c(Br)c2)C(=O)N1Cc1ccc(Br)cc1. The Kier molecular flexibility index (Phi) is 7.40. The van der Waals surface area contributed by atoms with Gasteiger partial charge >= 0.3 is 0 Å². The third kappa shape index (κ3) is 5.64. The van der Waals surface area contributed by atoms with Crippen LogP contribution in [-0.2, 0) is 17.9 Å². The highest BCUT2D eigenvalue weighted by molar-refractivity contribution is 9.10. The monoisotopic (exact) mass is 591 g/mol. The molecule has 1 aliphatic heterocycles. The zero-order chi connectivity index (χ0) is 22.7. The van der Waals surface area contributed by atoms with Crippen LogP contribution in [0.5, 0.6) is 5.75 Å². The van der Waals surface area contributed by atoms with Gasteiger partial charge < -0.3 is 4.74 Å². The molecule has 0 radical (unpaired) electrons. The number of carbonyl (C=O) groups excluding carboxylic acids is 2. The van der Waals surface area contributed by atoms with Crippen molar-refractivity contribution in [1.82, 2.24) is 4.90 Å². The lowest BCUT2D eigenvalue weighted by molar-refractivity contribution is -0.123. The molecule has 4 rings (SSSR count). The summed E-state index contributed by atoms with van der Waals surface area (Å²) >= 11 is 13.8. The summed E-state index contributed by atoms with van der Waals surface area (Å²) in [6, 6.07) is 20.6. The van der Waals surface area contributed by atoms with Crippen LogP contribution in [0.4, 0.5) is 4.79 Å². The molecule has 0 aliphatic carbocycles. The van der Waals surface area contributed by atoms with Crippen molar-refractivity contribution in [2.75, 3.05) is 0 Å². The van der Waals surface area contributed by atoms with Crippen LogP contribution in [0.1, 0.15) is 16.7 Å². The number of thioether (sulfide) groups is 1. The smallest absolute Gasteiger partial charge is 0.293 e. The van der Waals surface area contributed by atoms with Crippen molar-refractivity contribution in [3.05, 3.63) is 102 Å². The van der Waals surface area contributed by atoms with Crippen molar-refractivity contribution in [2.24, 2.45) is 0 Å². The maximum absolute atomic E-state index is 12.8. The van der Waals surface area contributed by atoms with Gasteiger partial charge in [-0.05, 0) is 86.9 Å². The molecule has 32 heavy (non-hydrogen) atoms. The minimum atomic E-state index is -0.290. The molecule has 0 unspecified atom stereocenters. The lowest BCUT2D eigenvalue weighted by Crippen LogP contribution is -2.27. The topological polar surface area (TPSA) is 46.6 Å². The van der Waals surface area contributed by atoms with Crippen LogP contribution in [0.15, 0.2) is 80.6 Å². The molecule has 3 aromatic rings. The second-order valence-electron chi connectivity index (χ2n) is 7.00. The number of halogens is 3. The van der Waals surface area contributed by atoms with E-state index in [0.717, 1.165) is 37.4 Å². The number of carbonyl (C=O) groups is 2. The second-order valence-corrected chi connectivity index (χ2v) is 10.2. The number of amides is 2. The van der Waals surface area contributed by atoms with Gasteiger partial charge in [0, 0.05) is 9.50 Å². The van der Waals surface area contributed by atoms with E-state index in [1.165, 1.54) is 4.90 Å². The third-order valence-electron chi connectivity index (χ3n) is 4.69. The van der Waals surface area contributed by atoms with Crippen molar-refractivity contribution in [3.8, 4) is 5.75 Å². The van der Waals surface area contributed by atoms with E-state index in [1.807, 2.05) is 66.7 Å². The Hall–Kier alpha value is -2.06. The van der Waals surface area contributed by atoms with Crippen LogP contribution in [0.25, 0.3) is 6.08 Å². The van der Waals surface area contributed by atoms with E-state index in [0.29, 0.717) is 22.3 Å². The van der Waals surface area contributed by atoms with Gasteiger partial charge in [-0.25, -0.2) is 0 Å². The lowest BCUT2D eigenvalue weighted by Gasteiger charge is -2.12. The first-order valence-corrected chi connectivity index (χ1v) is 12.3. The molecule has 2 amide bonds. The molecule has 3 aromatic carbocycles. The molecule has 0 saturated carbocycles. The van der Waals surface area contributed by atoms with Crippen LogP contribution < -0.4 is 4.74 Å². The van der Waals surface area contributed by atoms with Gasteiger partial charge in [0.25, 0.3) is 11.1 Å². The normalized spacial score (nSPS) is 15.0. The van der Waals surface area contributed by atoms with Gasteiger partial charge in [0.2, 0.25) is 0 Å². The Balaban J connectivity index is 1.44. The zero-order valence-corrected chi connectivity index (χ0v) is 21.3. The minimum Gasteiger partial charge on any atom is -0.488 e. The quantitative estimate of drug-likeness (QED) is 0.275. The van der Waals surface area contributed by atoms with E-state index in [9.17, 15) is 9.59 Å². The highest BCUT2D eigenvalue weighted by atomic mass is 79.9. The number of hydrogen-bond donors (Lipinski definition) is 0. The number of nitrogens with zero attached hydrogens (tertiary/aromatic N) is 1. The summed E-state index contributed by atoms with van der Waals surface area (Å²) in [4.78, 5) is 26.8. The van der Waals surface area contributed by atoms with Gasteiger partial charge in [0.05, 0.1) is 15.9 Å². The molecule has 8 heteroatoms. The van der Waals surface area contributed by atoms with E-state index in [2.05, 4.69) is 31.9 Å². The van der Waals surface area contributed by atoms with E-state index in [4.69, 9.17) is 16.3 Å². The minimum absolute atomic E-state index is 0.246. The van der Waals surface area contributed by atoms with E-state index < -0.39 is 0 Å². The van der Waals surface area contributed by atoms with Gasteiger partial charge in [-0.2, -0.15) is 0 Å². The fraction of sp³-hybridized carbons (Fsp3) is 0.0833. The molecule has 0 atom stereocenters. The molecule has 162 valence electrons. The number of benzene rings is 3. The largest absolute Gasteiger partial charge is 0.488 e. The zero-order valence-electron chi connectivity index (χ0n) is 16.6. The second kappa shape index (κ2) is 10.3. The van der Waals surface area contributed by atoms with Gasteiger partial charge in [-0.3, -0.25) is 14.5 Å². The van der Waals surface area contributed by atoms with Crippen LogP contribution in [0.3, 0.4) is 0 Å². The Morgan fingerprint density at radius 1 is 0.938 bits per heavy atom. The number of ether oxygens (including phenoxy) is 1. The fourth-order valence-electron chi connectivity index (χ4n) is 3.03. The van der Waals surface area contributed by atoms with Crippen LogP contribution in [0.2, 0.25) is 5.02 Å². The molecule has 0 N–H and O–H groups in total. The molecule has 0 spiro atoms. The average Bonchev–Trinajstić information content (AvgIpc) is 3.03.